The number of primary amides is 1. The van der Waals surface area contributed by atoms with E-state index in [2.05, 4.69) is 0 Å². The second-order valence-corrected chi connectivity index (χ2v) is 6.23. The van der Waals surface area contributed by atoms with Crippen molar-refractivity contribution in [3.8, 4) is 5.75 Å². The molecule has 1 aliphatic heterocycles. The van der Waals surface area contributed by atoms with Crippen LogP contribution in [0.5, 0.6) is 5.75 Å². The third-order valence-corrected chi connectivity index (χ3v) is 4.46. The van der Waals surface area contributed by atoms with Gasteiger partial charge in [-0.2, -0.15) is 0 Å². The van der Waals surface area contributed by atoms with E-state index in [4.69, 9.17) is 5.73 Å². The Bertz CT molecular complexity index is 547. The highest BCUT2D eigenvalue weighted by molar-refractivity contribution is 14.1. The fraction of sp³-hybridized carbons (Fsp3) is 0.385. The van der Waals surface area contributed by atoms with E-state index in [1.54, 1.807) is 24.0 Å². The fourth-order valence-corrected chi connectivity index (χ4v) is 2.50. The number of rotatable bonds is 2. The third-order valence-electron chi connectivity index (χ3n) is 3.55. The Morgan fingerprint density at radius 3 is 2.68 bits per heavy atom. The maximum absolute atomic E-state index is 12.3. The van der Waals surface area contributed by atoms with Crippen molar-refractivity contribution in [2.24, 2.45) is 11.1 Å². The molecule has 102 valence electrons. The summed E-state index contributed by atoms with van der Waals surface area (Å²) in [6.07, 6.45) is 0.574. The smallest absolute Gasteiger partial charge is 0.254 e. The van der Waals surface area contributed by atoms with Crippen LogP contribution in [0.4, 0.5) is 0 Å². The summed E-state index contributed by atoms with van der Waals surface area (Å²) >= 11 is 1.99. The van der Waals surface area contributed by atoms with Gasteiger partial charge in [0, 0.05) is 18.7 Å². The van der Waals surface area contributed by atoms with Crippen molar-refractivity contribution in [1.82, 2.24) is 4.90 Å². The summed E-state index contributed by atoms with van der Waals surface area (Å²) in [5.41, 5.74) is 5.13. The number of nitrogens with zero attached hydrogens (tertiary/aromatic N) is 1. The lowest BCUT2D eigenvalue weighted by Gasteiger charge is -2.21. The van der Waals surface area contributed by atoms with Crippen molar-refractivity contribution in [3.05, 3.63) is 27.3 Å². The molecule has 19 heavy (non-hydrogen) atoms. The van der Waals surface area contributed by atoms with Gasteiger partial charge in [0.2, 0.25) is 5.91 Å². The van der Waals surface area contributed by atoms with Crippen molar-refractivity contribution >= 4 is 34.4 Å². The van der Waals surface area contributed by atoms with E-state index in [1.165, 1.54) is 6.07 Å². The van der Waals surface area contributed by atoms with Crippen LogP contribution < -0.4 is 5.73 Å². The maximum atomic E-state index is 12.3. The van der Waals surface area contributed by atoms with Gasteiger partial charge >= 0.3 is 0 Å². The van der Waals surface area contributed by atoms with Crippen molar-refractivity contribution in [2.75, 3.05) is 13.1 Å². The zero-order valence-corrected chi connectivity index (χ0v) is 12.7. The summed E-state index contributed by atoms with van der Waals surface area (Å²) in [6, 6.07) is 4.81. The van der Waals surface area contributed by atoms with Gasteiger partial charge in [0.1, 0.15) is 5.75 Å². The van der Waals surface area contributed by atoms with E-state index in [-0.39, 0.29) is 17.6 Å². The summed E-state index contributed by atoms with van der Waals surface area (Å²) in [7, 11) is 0. The standard InChI is InChI=1S/C13H15IN2O3/c1-13(12(15)19)4-5-16(7-13)11(18)8-2-3-9(14)10(17)6-8/h2-3,6,17H,4-5,7H2,1H3,(H2,15,19). The number of benzene rings is 1. The lowest BCUT2D eigenvalue weighted by molar-refractivity contribution is -0.126. The average Bonchev–Trinajstić information content (AvgIpc) is 2.76. The quantitative estimate of drug-likeness (QED) is 0.767. The molecule has 0 saturated carbocycles. The van der Waals surface area contributed by atoms with Crippen LogP contribution in [0.15, 0.2) is 18.2 Å². The molecular weight excluding hydrogens is 359 g/mol. The number of phenols is 1. The van der Waals surface area contributed by atoms with Crippen LogP contribution in [0, 0.1) is 8.99 Å². The van der Waals surface area contributed by atoms with E-state index < -0.39 is 5.41 Å². The lowest BCUT2D eigenvalue weighted by atomic mass is 9.89. The molecule has 2 amide bonds. The minimum absolute atomic E-state index is 0.0864. The number of amides is 2. The first kappa shape index (κ1) is 14.1. The van der Waals surface area contributed by atoms with Gasteiger partial charge < -0.3 is 15.7 Å². The van der Waals surface area contributed by atoms with Crippen molar-refractivity contribution in [2.45, 2.75) is 13.3 Å². The van der Waals surface area contributed by atoms with Gasteiger partial charge in [-0.05, 0) is 54.1 Å². The molecule has 3 N–H and O–H groups in total. The van der Waals surface area contributed by atoms with Crippen LogP contribution in [0.25, 0.3) is 0 Å². The predicted molar refractivity (Wildman–Crippen MR) is 78.6 cm³/mol. The second-order valence-electron chi connectivity index (χ2n) is 5.07. The Labute approximate surface area is 124 Å². The first-order valence-corrected chi connectivity index (χ1v) is 6.99. The number of halogens is 1. The minimum Gasteiger partial charge on any atom is -0.507 e. The molecule has 1 aromatic rings. The number of carbonyl (C=O) groups is 2. The van der Waals surface area contributed by atoms with Crippen molar-refractivity contribution in [3.63, 3.8) is 0 Å². The van der Waals surface area contributed by atoms with Crippen LogP contribution >= 0.6 is 22.6 Å². The van der Waals surface area contributed by atoms with Gasteiger partial charge in [-0.1, -0.05) is 0 Å². The van der Waals surface area contributed by atoms with Crippen LogP contribution in [-0.4, -0.2) is 34.9 Å². The van der Waals surface area contributed by atoms with Crippen molar-refractivity contribution < 1.29 is 14.7 Å². The molecule has 0 bridgehead atoms. The molecule has 1 unspecified atom stereocenters. The predicted octanol–water partition coefficient (Wildman–Crippen LogP) is 1.33. The van der Waals surface area contributed by atoms with Gasteiger partial charge in [-0.15, -0.1) is 0 Å². The Morgan fingerprint density at radius 2 is 2.16 bits per heavy atom. The molecule has 1 atom stereocenters. The molecule has 1 aromatic carbocycles. The van der Waals surface area contributed by atoms with Gasteiger partial charge in [0.25, 0.3) is 5.91 Å². The molecule has 1 saturated heterocycles. The average molecular weight is 374 g/mol. The highest BCUT2D eigenvalue weighted by Gasteiger charge is 2.40. The van der Waals surface area contributed by atoms with Crippen LogP contribution in [0.3, 0.4) is 0 Å². The number of aromatic hydroxyl groups is 1. The Morgan fingerprint density at radius 1 is 1.47 bits per heavy atom. The normalized spacial score (nSPS) is 22.5. The molecule has 0 radical (unpaired) electrons. The maximum Gasteiger partial charge on any atom is 0.254 e. The van der Waals surface area contributed by atoms with E-state index >= 15 is 0 Å². The second kappa shape index (κ2) is 4.99. The zero-order valence-electron chi connectivity index (χ0n) is 10.5. The topological polar surface area (TPSA) is 83.6 Å². The summed E-state index contributed by atoms with van der Waals surface area (Å²) in [4.78, 5) is 25.3. The molecule has 5 nitrogen and oxygen atoms in total. The number of likely N-dealkylation sites (tertiary alicyclic amines) is 1. The van der Waals surface area contributed by atoms with Gasteiger partial charge in [0.05, 0.1) is 8.99 Å². The monoisotopic (exact) mass is 374 g/mol. The number of phenolic OH excluding ortho intramolecular Hbond substituents is 1. The van der Waals surface area contributed by atoms with Gasteiger partial charge in [-0.3, -0.25) is 9.59 Å². The van der Waals surface area contributed by atoms with Crippen LogP contribution in [0.1, 0.15) is 23.7 Å². The zero-order chi connectivity index (χ0) is 14.2. The number of hydrogen-bond acceptors (Lipinski definition) is 3. The SMILES string of the molecule is CC1(C(N)=O)CCN(C(=O)c2ccc(I)c(O)c2)C1. The van der Waals surface area contributed by atoms with E-state index in [0.29, 0.717) is 28.6 Å². The summed E-state index contributed by atoms with van der Waals surface area (Å²) < 4.78 is 0.692. The van der Waals surface area contributed by atoms with Crippen LogP contribution in [-0.2, 0) is 4.79 Å². The van der Waals surface area contributed by atoms with Gasteiger partial charge in [0.15, 0.2) is 0 Å². The van der Waals surface area contributed by atoms with E-state index in [0.717, 1.165) is 0 Å². The Balaban J connectivity index is 2.18. The van der Waals surface area contributed by atoms with Crippen molar-refractivity contribution in [1.29, 1.82) is 0 Å². The number of hydrogen-bond donors (Lipinski definition) is 2. The van der Waals surface area contributed by atoms with E-state index in [9.17, 15) is 14.7 Å². The molecule has 0 aromatic heterocycles. The summed E-state index contributed by atoms with van der Waals surface area (Å²) in [5.74, 6) is -0.478. The first-order chi connectivity index (χ1) is 8.83. The molecule has 6 heteroatoms. The number of nitrogens with two attached hydrogens (primary N) is 1. The largest absolute Gasteiger partial charge is 0.507 e. The molecule has 0 aliphatic carbocycles. The lowest BCUT2D eigenvalue weighted by Crippen LogP contribution is -2.38. The molecule has 1 aliphatic rings. The van der Waals surface area contributed by atoms with Gasteiger partial charge in [-0.25, -0.2) is 0 Å². The highest BCUT2D eigenvalue weighted by atomic mass is 127. The highest BCUT2D eigenvalue weighted by Crippen LogP contribution is 2.31. The van der Waals surface area contributed by atoms with E-state index in [1.807, 2.05) is 22.6 Å². The summed E-state index contributed by atoms with van der Waals surface area (Å²) in [6.45, 7) is 2.60. The molecule has 2 rings (SSSR count). The minimum atomic E-state index is -0.652. The fourth-order valence-electron chi connectivity index (χ4n) is 2.16. The summed E-state index contributed by atoms with van der Waals surface area (Å²) in [5, 5.41) is 9.63. The number of carbonyl (C=O) groups excluding carboxylic acids is 2. The molecule has 0 spiro atoms. The Kier molecular flexibility index (Phi) is 3.71. The molecule has 1 heterocycles. The first-order valence-electron chi connectivity index (χ1n) is 5.91. The van der Waals surface area contributed by atoms with Crippen LogP contribution in [0.2, 0.25) is 0 Å². The molecule has 1 fully saturated rings. The Hall–Kier alpha value is -1.31. The third kappa shape index (κ3) is 2.68. The molecular formula is C13H15IN2O3.